The Kier molecular flexibility index (Phi) is 15.9. The highest BCUT2D eigenvalue weighted by atomic mass is 33.1. The normalized spacial score (nSPS) is 14.7. The lowest BCUT2D eigenvalue weighted by Crippen LogP contribution is -2.25. The Morgan fingerprint density at radius 3 is 1.24 bits per heavy atom. The largest absolute Gasteiger partial charge is 0.493 e. The van der Waals surface area contributed by atoms with Crippen molar-refractivity contribution in [2.24, 2.45) is 35.1 Å². The van der Waals surface area contributed by atoms with Crippen molar-refractivity contribution >= 4 is 78.6 Å². The quantitative estimate of drug-likeness (QED) is 0.0468. The Morgan fingerprint density at radius 1 is 0.586 bits per heavy atom. The third kappa shape index (κ3) is 9.99. The molecule has 0 aliphatic heterocycles. The molecule has 0 bridgehead atoms. The van der Waals surface area contributed by atoms with Crippen LogP contribution in [0.3, 0.4) is 0 Å². The van der Waals surface area contributed by atoms with Gasteiger partial charge < -0.3 is 20.9 Å². The molecule has 6 atom stereocenters. The van der Waals surface area contributed by atoms with Crippen LogP contribution in [0.5, 0.6) is 11.5 Å². The lowest BCUT2D eigenvalue weighted by atomic mass is 9.93. The minimum Gasteiger partial charge on any atom is -0.493 e. The second-order valence-electron chi connectivity index (χ2n) is 15.6. The molecule has 2 aromatic heterocycles. The molecule has 0 aliphatic rings. The van der Waals surface area contributed by atoms with Gasteiger partial charge >= 0.3 is 0 Å². The summed E-state index contributed by atoms with van der Waals surface area (Å²) in [6.07, 6.45) is 3.06. The number of primary amides is 2. The standard InChI is InChI=1S/C44H58N4O8S2/c1-11-55-33-17-13-15-31-37(33)35(39(49)41(45)51)29(9)47(31)43(53)25(5)19-23(3)21-27(7)57-58-28(8)22-24(4)20-26(6)44(54)48-30(10)36(40(50)42(46)52)38-32(48)16-14-18-34(38)56-12-2/h13-18,23-28H,11-12,19-22H2,1-10H3,(H2,45,51)(H2,46,52). The van der Waals surface area contributed by atoms with Crippen LogP contribution in [0.4, 0.5) is 0 Å². The molecule has 0 spiro atoms. The smallest absolute Gasteiger partial charge is 0.289 e. The van der Waals surface area contributed by atoms with Crippen molar-refractivity contribution in [1.82, 2.24) is 9.13 Å². The lowest BCUT2D eigenvalue weighted by Gasteiger charge is -2.23. The van der Waals surface area contributed by atoms with E-state index in [0.29, 0.717) is 81.2 Å². The van der Waals surface area contributed by atoms with E-state index in [-0.39, 0.29) is 46.6 Å². The van der Waals surface area contributed by atoms with E-state index in [1.807, 2.05) is 49.3 Å². The van der Waals surface area contributed by atoms with E-state index in [4.69, 9.17) is 20.9 Å². The van der Waals surface area contributed by atoms with Crippen molar-refractivity contribution in [3.8, 4) is 11.5 Å². The molecule has 4 aromatic rings. The SMILES string of the molecule is CCOc1cccc2c1c(C(=O)C(N)=O)c(C)n2C(=O)C(C)CC(C)CC(C)SSC(C)CC(C)CC(C)C(=O)n1c(C)c(C(=O)C(N)=O)c2c(OCC)cccc21. The van der Waals surface area contributed by atoms with Crippen molar-refractivity contribution in [2.75, 3.05) is 13.2 Å². The molecule has 0 saturated carbocycles. The van der Waals surface area contributed by atoms with Gasteiger partial charge in [-0.15, -0.1) is 0 Å². The monoisotopic (exact) mass is 834 g/mol. The van der Waals surface area contributed by atoms with Crippen LogP contribution in [0, 0.1) is 37.5 Å². The molecule has 4 rings (SSSR count). The summed E-state index contributed by atoms with van der Waals surface area (Å²) in [5.41, 5.74) is 12.8. The number of hydrogen-bond acceptors (Lipinski definition) is 10. The topological polar surface area (TPSA) is 183 Å². The van der Waals surface area contributed by atoms with Crippen molar-refractivity contribution in [2.45, 2.75) is 105 Å². The zero-order valence-corrected chi connectivity index (χ0v) is 36.9. The first-order valence-electron chi connectivity index (χ1n) is 20.0. The van der Waals surface area contributed by atoms with E-state index in [2.05, 4.69) is 27.7 Å². The second-order valence-corrected chi connectivity index (χ2v) is 18.7. The number of amides is 2. The third-order valence-corrected chi connectivity index (χ3v) is 14.0. The van der Waals surface area contributed by atoms with E-state index < -0.39 is 23.4 Å². The summed E-state index contributed by atoms with van der Waals surface area (Å²) in [7, 11) is 3.65. The number of Topliss-reactive ketones (excluding diaryl/α,β-unsaturated/α-hetero) is 2. The predicted octanol–water partition coefficient (Wildman–Crippen LogP) is 8.59. The van der Waals surface area contributed by atoms with Gasteiger partial charge in [-0.2, -0.15) is 0 Å². The summed E-state index contributed by atoms with van der Waals surface area (Å²) >= 11 is 0. The highest BCUT2D eigenvalue weighted by Crippen LogP contribution is 2.40. The number of nitrogens with zero attached hydrogens (tertiary/aromatic N) is 2. The Bertz CT molecular complexity index is 2050. The fourth-order valence-electron chi connectivity index (χ4n) is 8.23. The van der Waals surface area contributed by atoms with Gasteiger partial charge in [0.25, 0.3) is 23.4 Å². The Hall–Kier alpha value is -4.56. The molecule has 6 unspecified atom stereocenters. The van der Waals surface area contributed by atoms with Gasteiger partial charge in [0.15, 0.2) is 0 Å². The Labute approximate surface area is 348 Å². The fourth-order valence-corrected chi connectivity index (χ4v) is 11.0. The number of nitrogens with two attached hydrogens (primary N) is 2. The summed E-state index contributed by atoms with van der Waals surface area (Å²) in [5.74, 6) is -3.64. The maximum Gasteiger partial charge on any atom is 0.289 e. The van der Waals surface area contributed by atoms with Gasteiger partial charge in [0, 0.05) is 33.7 Å². The number of rotatable bonds is 21. The Morgan fingerprint density at radius 2 is 0.931 bits per heavy atom. The van der Waals surface area contributed by atoms with E-state index in [1.54, 1.807) is 50.2 Å². The predicted molar refractivity (Wildman–Crippen MR) is 233 cm³/mol. The molecule has 0 fully saturated rings. The number of benzene rings is 2. The van der Waals surface area contributed by atoms with Crippen molar-refractivity contribution in [3.63, 3.8) is 0 Å². The average Bonchev–Trinajstić information content (AvgIpc) is 3.63. The molecule has 0 aliphatic carbocycles. The number of hydrogen-bond donors (Lipinski definition) is 2. The van der Waals surface area contributed by atoms with Gasteiger partial charge in [-0.3, -0.25) is 37.9 Å². The molecule has 14 heteroatoms. The first-order valence-corrected chi connectivity index (χ1v) is 22.3. The maximum absolute atomic E-state index is 14.0. The zero-order valence-electron chi connectivity index (χ0n) is 35.3. The van der Waals surface area contributed by atoms with Crippen LogP contribution < -0.4 is 20.9 Å². The number of carbonyl (C=O) groups is 6. The van der Waals surface area contributed by atoms with E-state index in [9.17, 15) is 28.8 Å². The average molecular weight is 835 g/mol. The second kappa shape index (κ2) is 19.9. The van der Waals surface area contributed by atoms with Crippen LogP contribution in [0.15, 0.2) is 36.4 Å². The van der Waals surface area contributed by atoms with Gasteiger partial charge in [-0.25, -0.2) is 0 Å². The first-order chi connectivity index (χ1) is 27.4. The van der Waals surface area contributed by atoms with Gasteiger partial charge in [0.05, 0.1) is 46.1 Å². The van der Waals surface area contributed by atoms with Crippen LogP contribution in [0.2, 0.25) is 0 Å². The molecule has 58 heavy (non-hydrogen) atoms. The summed E-state index contributed by atoms with van der Waals surface area (Å²) in [6, 6.07) is 10.5. The molecule has 4 N–H and O–H groups in total. The highest BCUT2D eigenvalue weighted by molar-refractivity contribution is 8.77. The Balaban J connectivity index is 1.35. The van der Waals surface area contributed by atoms with E-state index in [0.717, 1.165) is 12.8 Å². The van der Waals surface area contributed by atoms with Crippen LogP contribution in [-0.4, -0.2) is 68.0 Å². The first kappa shape index (κ1) is 46.1. The van der Waals surface area contributed by atoms with Crippen molar-refractivity contribution in [1.29, 1.82) is 0 Å². The summed E-state index contributed by atoms with van der Waals surface area (Å²) in [5, 5.41) is 1.46. The van der Waals surface area contributed by atoms with Crippen LogP contribution >= 0.6 is 21.6 Å². The molecular weight excluding hydrogens is 777 g/mol. The molecular formula is C44H58N4O8S2. The summed E-state index contributed by atoms with van der Waals surface area (Å²) in [4.78, 5) is 77.9. The molecule has 0 radical (unpaired) electrons. The number of ether oxygens (including phenoxy) is 2. The number of fused-ring (bicyclic) bond motifs is 2. The van der Waals surface area contributed by atoms with E-state index in [1.165, 1.54) is 9.13 Å². The minimum absolute atomic E-state index is 0.0982. The van der Waals surface area contributed by atoms with Crippen molar-refractivity contribution < 1.29 is 38.2 Å². The molecule has 2 amide bonds. The molecule has 12 nitrogen and oxygen atoms in total. The summed E-state index contributed by atoms with van der Waals surface area (Å²) < 4.78 is 14.6. The number of ketones is 2. The van der Waals surface area contributed by atoms with Gasteiger partial charge in [0.2, 0.25) is 11.8 Å². The summed E-state index contributed by atoms with van der Waals surface area (Å²) in [6.45, 7) is 20.1. The van der Waals surface area contributed by atoms with Gasteiger partial charge in [-0.1, -0.05) is 75.3 Å². The lowest BCUT2D eigenvalue weighted by molar-refractivity contribution is -0.114. The number of carbonyl (C=O) groups excluding carboxylic acids is 6. The highest BCUT2D eigenvalue weighted by Gasteiger charge is 2.32. The van der Waals surface area contributed by atoms with Crippen molar-refractivity contribution in [3.05, 3.63) is 58.9 Å². The van der Waals surface area contributed by atoms with Crippen LogP contribution in [-0.2, 0) is 9.59 Å². The minimum atomic E-state index is -1.09. The molecule has 314 valence electrons. The number of aromatic nitrogens is 2. The maximum atomic E-state index is 14.0. The van der Waals surface area contributed by atoms with Gasteiger partial charge in [-0.05, 0) is 89.5 Å². The van der Waals surface area contributed by atoms with E-state index >= 15 is 0 Å². The zero-order chi connectivity index (χ0) is 43.2. The van der Waals surface area contributed by atoms with Crippen LogP contribution in [0.25, 0.3) is 21.8 Å². The third-order valence-electron chi connectivity index (χ3n) is 10.5. The van der Waals surface area contributed by atoms with Crippen LogP contribution in [0.1, 0.15) is 123 Å². The molecule has 2 heterocycles. The molecule has 0 saturated heterocycles. The molecule has 2 aromatic carbocycles. The fraction of sp³-hybridized carbons (Fsp3) is 0.500. The van der Waals surface area contributed by atoms with Gasteiger partial charge in [0.1, 0.15) is 11.5 Å².